The van der Waals surface area contributed by atoms with Gasteiger partial charge in [0.2, 0.25) is 0 Å². The number of ether oxygens (including phenoxy) is 1. The Morgan fingerprint density at radius 1 is 1.26 bits per heavy atom. The number of nitrogens with zero attached hydrogens (tertiary/aromatic N) is 3. The number of rotatable bonds is 8. The summed E-state index contributed by atoms with van der Waals surface area (Å²) in [5, 5.41) is 3.47. The Hall–Kier alpha value is -0.0800. The van der Waals surface area contributed by atoms with Crippen LogP contribution in [0.2, 0.25) is 0 Å². The van der Waals surface area contributed by atoms with Gasteiger partial charge >= 0.3 is 0 Å². The van der Waals surface area contributed by atoms with Crippen molar-refractivity contribution in [3.63, 3.8) is 0 Å². The van der Waals surface area contributed by atoms with E-state index in [1.165, 1.54) is 38.8 Å². The molecular weight excluding hydrogens is 403 g/mol. The lowest BCUT2D eigenvalue weighted by Gasteiger charge is -2.30. The average molecular weight is 438 g/mol. The first kappa shape index (κ1) is 21.0. The van der Waals surface area contributed by atoms with E-state index in [-0.39, 0.29) is 24.0 Å². The number of likely N-dealkylation sites (N-methyl/N-ethyl adjacent to an activating group) is 1. The van der Waals surface area contributed by atoms with E-state index in [1.54, 1.807) is 0 Å². The Kier molecular flexibility index (Phi) is 10.5. The third-order valence-corrected chi connectivity index (χ3v) is 4.78. The van der Waals surface area contributed by atoms with Crippen molar-refractivity contribution in [1.82, 2.24) is 15.1 Å². The van der Waals surface area contributed by atoms with Crippen LogP contribution < -0.4 is 5.32 Å². The minimum Gasteiger partial charge on any atom is -0.379 e. The first-order valence-corrected chi connectivity index (χ1v) is 8.91. The molecule has 1 aliphatic heterocycles. The predicted octanol–water partition coefficient (Wildman–Crippen LogP) is 2.27. The molecule has 1 heterocycles. The van der Waals surface area contributed by atoms with Crippen molar-refractivity contribution in [3.05, 3.63) is 0 Å². The number of aliphatic imine (C=N–C) groups is 1. The maximum absolute atomic E-state index is 5.70. The quantitative estimate of drug-likeness (QED) is 0.273. The smallest absolute Gasteiger partial charge is 0.193 e. The molecule has 5 nitrogen and oxygen atoms in total. The van der Waals surface area contributed by atoms with Crippen LogP contribution in [0.3, 0.4) is 0 Å². The number of guanidine groups is 1. The van der Waals surface area contributed by atoms with Gasteiger partial charge in [0, 0.05) is 40.3 Å². The summed E-state index contributed by atoms with van der Waals surface area (Å²) in [6, 6.07) is 0. The van der Waals surface area contributed by atoms with Crippen LogP contribution >= 0.6 is 24.0 Å². The molecule has 2 aliphatic rings. The molecule has 1 saturated carbocycles. The molecule has 0 spiro atoms. The fourth-order valence-electron chi connectivity index (χ4n) is 2.84. The lowest BCUT2D eigenvalue weighted by atomic mass is 9.99. The summed E-state index contributed by atoms with van der Waals surface area (Å²) in [5.41, 5.74) is 0. The average Bonchev–Trinajstić information content (AvgIpc) is 3.34. The van der Waals surface area contributed by atoms with Crippen LogP contribution in [0.5, 0.6) is 0 Å². The zero-order chi connectivity index (χ0) is 15.8. The van der Waals surface area contributed by atoms with Gasteiger partial charge in [-0.25, -0.2) is 0 Å². The van der Waals surface area contributed by atoms with E-state index >= 15 is 0 Å². The maximum Gasteiger partial charge on any atom is 0.193 e. The molecule has 0 radical (unpaired) electrons. The summed E-state index contributed by atoms with van der Waals surface area (Å²) in [6.07, 6.45) is 5.39. The first-order chi connectivity index (χ1) is 10.7. The van der Waals surface area contributed by atoms with Crippen LogP contribution in [0.4, 0.5) is 0 Å². The summed E-state index contributed by atoms with van der Waals surface area (Å²) in [6.45, 7) is 9.54. The van der Waals surface area contributed by atoms with Gasteiger partial charge in [0.1, 0.15) is 0 Å². The minimum atomic E-state index is 0. The molecule has 2 rings (SSSR count). The van der Waals surface area contributed by atoms with Crippen molar-refractivity contribution in [2.75, 3.05) is 60.0 Å². The number of halogens is 1. The third-order valence-electron chi connectivity index (χ3n) is 4.78. The van der Waals surface area contributed by atoms with Crippen molar-refractivity contribution in [2.45, 2.75) is 32.6 Å². The molecule has 136 valence electrons. The van der Waals surface area contributed by atoms with E-state index < -0.39 is 0 Å². The van der Waals surface area contributed by atoms with Crippen LogP contribution in [0, 0.1) is 11.8 Å². The van der Waals surface area contributed by atoms with Crippen molar-refractivity contribution >= 4 is 29.9 Å². The number of piperidine rings is 1. The summed E-state index contributed by atoms with van der Waals surface area (Å²) in [7, 11) is 3.94. The van der Waals surface area contributed by atoms with E-state index in [1.807, 2.05) is 7.05 Å². The van der Waals surface area contributed by atoms with Gasteiger partial charge < -0.3 is 19.9 Å². The fraction of sp³-hybridized carbons (Fsp3) is 0.941. The second kappa shape index (κ2) is 11.5. The molecule has 0 aromatic carbocycles. The van der Waals surface area contributed by atoms with Gasteiger partial charge in [-0.15, -0.1) is 24.0 Å². The predicted molar refractivity (Wildman–Crippen MR) is 108 cm³/mol. The second-order valence-corrected chi connectivity index (χ2v) is 6.94. The van der Waals surface area contributed by atoms with Crippen molar-refractivity contribution in [1.29, 1.82) is 0 Å². The maximum atomic E-state index is 5.70. The van der Waals surface area contributed by atoms with Gasteiger partial charge in [-0.3, -0.25) is 4.99 Å². The Balaban J connectivity index is 0.00000264. The molecule has 1 aliphatic carbocycles. The molecule has 0 bridgehead atoms. The topological polar surface area (TPSA) is 40.1 Å². The third kappa shape index (κ3) is 8.54. The van der Waals surface area contributed by atoms with E-state index in [0.29, 0.717) is 0 Å². The van der Waals surface area contributed by atoms with Gasteiger partial charge in [0.15, 0.2) is 5.96 Å². The molecule has 0 atom stereocenters. The molecule has 1 saturated heterocycles. The molecule has 0 aromatic rings. The summed E-state index contributed by atoms with van der Waals surface area (Å²) in [5.74, 6) is 2.72. The number of hydrogen-bond acceptors (Lipinski definition) is 3. The van der Waals surface area contributed by atoms with Gasteiger partial charge in [0.25, 0.3) is 0 Å². The number of hydrogen-bond donors (Lipinski definition) is 1. The molecule has 0 unspecified atom stereocenters. The number of likely N-dealkylation sites (tertiary alicyclic amines) is 1. The minimum absolute atomic E-state index is 0. The first-order valence-electron chi connectivity index (χ1n) is 8.91. The molecule has 1 N–H and O–H groups in total. The van der Waals surface area contributed by atoms with Crippen LogP contribution in [0.15, 0.2) is 4.99 Å². The normalized spacial score (nSPS) is 20.2. The van der Waals surface area contributed by atoms with Crippen molar-refractivity contribution in [3.8, 4) is 0 Å². The van der Waals surface area contributed by atoms with Gasteiger partial charge in [-0.1, -0.05) is 6.92 Å². The highest BCUT2D eigenvalue weighted by molar-refractivity contribution is 14.0. The standard InChI is InChI=1S/C17H34N4O.HI/c1-15-6-9-21(10-7-15)11-8-19-17(18-2)20(3)12-13-22-14-16-4-5-16;/h15-16H,4-14H2,1-3H3,(H,18,19);1H. The molecule has 6 heteroatoms. The molecule has 0 aromatic heterocycles. The van der Waals surface area contributed by atoms with Gasteiger partial charge in [0.05, 0.1) is 6.61 Å². The van der Waals surface area contributed by atoms with Crippen LogP contribution in [-0.2, 0) is 4.74 Å². The largest absolute Gasteiger partial charge is 0.379 e. The number of nitrogens with one attached hydrogen (secondary N) is 1. The fourth-order valence-corrected chi connectivity index (χ4v) is 2.84. The molecule has 0 amide bonds. The lowest BCUT2D eigenvalue weighted by molar-refractivity contribution is 0.115. The Morgan fingerprint density at radius 2 is 1.96 bits per heavy atom. The van der Waals surface area contributed by atoms with Crippen LogP contribution in [-0.4, -0.2) is 75.8 Å². The van der Waals surface area contributed by atoms with E-state index in [9.17, 15) is 0 Å². The summed E-state index contributed by atoms with van der Waals surface area (Å²) < 4.78 is 5.70. The Labute approximate surface area is 159 Å². The second-order valence-electron chi connectivity index (χ2n) is 6.94. The van der Waals surface area contributed by atoms with E-state index in [4.69, 9.17) is 4.74 Å². The van der Waals surface area contributed by atoms with Crippen LogP contribution in [0.1, 0.15) is 32.6 Å². The highest BCUT2D eigenvalue weighted by Gasteiger charge is 2.21. The lowest BCUT2D eigenvalue weighted by Crippen LogP contribution is -2.44. The Morgan fingerprint density at radius 3 is 2.57 bits per heavy atom. The van der Waals surface area contributed by atoms with Crippen molar-refractivity contribution < 1.29 is 4.74 Å². The zero-order valence-electron chi connectivity index (χ0n) is 15.1. The molecule has 23 heavy (non-hydrogen) atoms. The van der Waals surface area contributed by atoms with Gasteiger partial charge in [-0.05, 0) is 50.6 Å². The van der Waals surface area contributed by atoms with Crippen molar-refractivity contribution in [2.24, 2.45) is 16.8 Å². The van der Waals surface area contributed by atoms with Crippen LogP contribution in [0.25, 0.3) is 0 Å². The van der Waals surface area contributed by atoms with Gasteiger partial charge in [-0.2, -0.15) is 0 Å². The van der Waals surface area contributed by atoms with E-state index in [0.717, 1.165) is 50.6 Å². The monoisotopic (exact) mass is 438 g/mol. The SMILES string of the molecule is CN=C(NCCN1CCC(C)CC1)N(C)CCOCC1CC1.I. The highest BCUT2D eigenvalue weighted by Crippen LogP contribution is 2.28. The summed E-state index contributed by atoms with van der Waals surface area (Å²) >= 11 is 0. The van der Waals surface area contributed by atoms with E-state index in [2.05, 4.69) is 34.1 Å². The molecule has 2 fully saturated rings. The molecular formula is C17H35IN4O. The Bertz CT molecular complexity index is 341. The highest BCUT2D eigenvalue weighted by atomic mass is 127. The zero-order valence-corrected chi connectivity index (χ0v) is 17.4. The summed E-state index contributed by atoms with van der Waals surface area (Å²) in [4.78, 5) is 9.08.